The molecular formula is C20H25BFN3O2. The summed E-state index contributed by atoms with van der Waals surface area (Å²) in [5, 5.41) is 0. The van der Waals surface area contributed by atoms with Gasteiger partial charge in [0, 0.05) is 12.1 Å². The van der Waals surface area contributed by atoms with Gasteiger partial charge in [-0.25, -0.2) is 9.37 Å². The smallest absolute Gasteiger partial charge is 0.399 e. The van der Waals surface area contributed by atoms with Crippen LogP contribution < -0.4 is 5.46 Å². The van der Waals surface area contributed by atoms with Crippen LogP contribution in [-0.2, 0) is 9.31 Å². The second-order valence-electron chi connectivity index (χ2n) is 8.32. The summed E-state index contributed by atoms with van der Waals surface area (Å²) in [6.07, 6.45) is 5.88. The Morgan fingerprint density at radius 2 is 1.93 bits per heavy atom. The topological polar surface area (TPSA) is 50.4 Å². The first-order chi connectivity index (χ1) is 12.7. The summed E-state index contributed by atoms with van der Waals surface area (Å²) >= 11 is 0. The van der Waals surface area contributed by atoms with Crippen molar-refractivity contribution in [2.24, 2.45) is 0 Å². The molecular weight excluding hydrogens is 344 g/mol. The van der Waals surface area contributed by atoms with E-state index < -0.39 is 18.3 Å². The van der Waals surface area contributed by atoms with E-state index in [0.29, 0.717) is 16.7 Å². The Hall–Kier alpha value is -1.96. The first-order valence-electron chi connectivity index (χ1n) is 9.25. The van der Waals surface area contributed by atoms with Crippen molar-refractivity contribution in [2.75, 3.05) is 13.6 Å². The van der Waals surface area contributed by atoms with E-state index in [4.69, 9.17) is 9.31 Å². The van der Waals surface area contributed by atoms with Crippen molar-refractivity contribution in [2.45, 2.75) is 44.9 Å². The van der Waals surface area contributed by atoms with Gasteiger partial charge in [-0.2, -0.15) is 0 Å². The number of H-pyrrole nitrogens is 1. The van der Waals surface area contributed by atoms with Crippen LogP contribution in [0, 0.1) is 5.82 Å². The maximum absolute atomic E-state index is 14.9. The van der Waals surface area contributed by atoms with Gasteiger partial charge in [0.2, 0.25) is 0 Å². The Morgan fingerprint density at radius 1 is 1.22 bits per heavy atom. The van der Waals surface area contributed by atoms with Gasteiger partial charge in [0.25, 0.3) is 0 Å². The van der Waals surface area contributed by atoms with Crippen molar-refractivity contribution in [3.05, 3.63) is 48.2 Å². The predicted molar refractivity (Wildman–Crippen MR) is 104 cm³/mol. The molecule has 7 heteroatoms. The molecule has 1 unspecified atom stereocenters. The SMILES string of the molecule is CN1CC=CC1c1ncc(-c2ccc(B3OC(C)(C)C(C)(C)O3)cc2F)[nH]1. The van der Waals surface area contributed by atoms with Gasteiger partial charge in [0.15, 0.2) is 0 Å². The molecule has 1 aromatic carbocycles. The summed E-state index contributed by atoms with van der Waals surface area (Å²) in [6, 6.07) is 5.19. The van der Waals surface area contributed by atoms with Crippen molar-refractivity contribution >= 4 is 12.6 Å². The van der Waals surface area contributed by atoms with E-state index in [-0.39, 0.29) is 11.9 Å². The molecule has 1 saturated heterocycles. The van der Waals surface area contributed by atoms with E-state index in [1.54, 1.807) is 12.3 Å². The molecule has 0 saturated carbocycles. The summed E-state index contributed by atoms with van der Waals surface area (Å²) in [6.45, 7) is 8.82. The van der Waals surface area contributed by atoms with Crippen LogP contribution in [0.15, 0.2) is 36.5 Å². The van der Waals surface area contributed by atoms with E-state index in [0.717, 1.165) is 12.4 Å². The number of benzene rings is 1. The molecule has 142 valence electrons. The summed E-state index contributed by atoms with van der Waals surface area (Å²) in [4.78, 5) is 9.86. The molecule has 2 aliphatic heterocycles. The standard InChI is InChI=1S/C20H25BFN3O2/c1-19(2)20(3,4)27-21(26-19)13-8-9-14(15(22)11-13)16-12-23-18(24-16)17-7-6-10-25(17)5/h6-9,11-12,17H,10H2,1-5H3,(H,23,24). The third-order valence-corrected chi connectivity index (χ3v) is 5.87. The van der Waals surface area contributed by atoms with E-state index in [9.17, 15) is 4.39 Å². The van der Waals surface area contributed by atoms with Crippen LogP contribution in [0.4, 0.5) is 4.39 Å². The number of nitrogens with zero attached hydrogens (tertiary/aromatic N) is 2. The number of nitrogens with one attached hydrogen (secondary N) is 1. The van der Waals surface area contributed by atoms with E-state index in [2.05, 4.69) is 27.0 Å². The number of rotatable bonds is 3. The fourth-order valence-corrected chi connectivity index (χ4v) is 3.42. The van der Waals surface area contributed by atoms with E-state index in [1.165, 1.54) is 6.07 Å². The molecule has 27 heavy (non-hydrogen) atoms. The quantitative estimate of drug-likeness (QED) is 0.668. The number of hydrogen-bond acceptors (Lipinski definition) is 4. The molecule has 5 nitrogen and oxygen atoms in total. The highest BCUT2D eigenvalue weighted by Crippen LogP contribution is 2.36. The average molecular weight is 369 g/mol. The van der Waals surface area contributed by atoms with E-state index >= 15 is 0 Å². The Kier molecular flexibility index (Phi) is 4.29. The lowest BCUT2D eigenvalue weighted by molar-refractivity contribution is 0.00578. The van der Waals surface area contributed by atoms with Crippen LogP contribution in [0.2, 0.25) is 0 Å². The van der Waals surface area contributed by atoms with Gasteiger partial charge in [-0.15, -0.1) is 0 Å². The molecule has 2 aromatic rings. The first-order valence-corrected chi connectivity index (χ1v) is 9.25. The normalized spacial score (nSPS) is 24.1. The lowest BCUT2D eigenvalue weighted by Gasteiger charge is -2.32. The maximum atomic E-state index is 14.9. The number of likely N-dealkylation sites (N-methyl/N-ethyl adjacent to an activating group) is 1. The third-order valence-electron chi connectivity index (χ3n) is 5.87. The van der Waals surface area contributed by atoms with Crippen LogP contribution in [0.3, 0.4) is 0 Å². The van der Waals surface area contributed by atoms with E-state index in [1.807, 2.05) is 40.8 Å². The molecule has 1 N–H and O–H groups in total. The molecule has 0 radical (unpaired) electrons. The first kappa shape index (κ1) is 18.4. The fourth-order valence-electron chi connectivity index (χ4n) is 3.42. The summed E-state index contributed by atoms with van der Waals surface area (Å²) in [5.74, 6) is 0.489. The van der Waals surface area contributed by atoms with Gasteiger partial charge in [0.1, 0.15) is 11.6 Å². The monoisotopic (exact) mass is 369 g/mol. The highest BCUT2D eigenvalue weighted by Gasteiger charge is 2.51. The van der Waals surface area contributed by atoms with Gasteiger partial charge in [-0.05, 0) is 46.3 Å². The number of aromatic amines is 1. The lowest BCUT2D eigenvalue weighted by Crippen LogP contribution is -2.41. The van der Waals surface area contributed by atoms with Gasteiger partial charge < -0.3 is 14.3 Å². The zero-order valence-electron chi connectivity index (χ0n) is 16.4. The Labute approximate surface area is 159 Å². The number of aromatic nitrogens is 2. The van der Waals surface area contributed by atoms with Crippen LogP contribution in [0.25, 0.3) is 11.3 Å². The molecule has 0 aliphatic carbocycles. The van der Waals surface area contributed by atoms with Crippen LogP contribution in [0.1, 0.15) is 39.6 Å². The largest absolute Gasteiger partial charge is 0.494 e. The minimum absolute atomic E-state index is 0.103. The molecule has 4 rings (SSSR count). The molecule has 0 bridgehead atoms. The third kappa shape index (κ3) is 3.14. The van der Waals surface area contributed by atoms with Crippen molar-refractivity contribution in [1.82, 2.24) is 14.9 Å². The van der Waals surface area contributed by atoms with Crippen molar-refractivity contribution < 1.29 is 13.7 Å². The molecule has 1 aromatic heterocycles. The number of halogens is 1. The number of imidazole rings is 1. The summed E-state index contributed by atoms with van der Waals surface area (Å²) in [7, 11) is 1.46. The Morgan fingerprint density at radius 3 is 2.52 bits per heavy atom. The number of hydrogen-bond donors (Lipinski definition) is 1. The van der Waals surface area contributed by atoms with Crippen LogP contribution in [0.5, 0.6) is 0 Å². The highest BCUT2D eigenvalue weighted by molar-refractivity contribution is 6.62. The summed E-state index contributed by atoms with van der Waals surface area (Å²) < 4.78 is 26.9. The second kappa shape index (κ2) is 6.29. The zero-order chi connectivity index (χ0) is 19.4. The maximum Gasteiger partial charge on any atom is 0.494 e. The minimum atomic E-state index is -0.576. The average Bonchev–Trinajstić information content (AvgIpc) is 3.26. The van der Waals surface area contributed by atoms with Gasteiger partial charge in [-0.3, -0.25) is 4.90 Å². The van der Waals surface area contributed by atoms with Crippen molar-refractivity contribution in [1.29, 1.82) is 0 Å². The Balaban J connectivity index is 1.58. The van der Waals surface area contributed by atoms with Gasteiger partial charge in [-0.1, -0.05) is 24.3 Å². The van der Waals surface area contributed by atoms with Gasteiger partial charge >= 0.3 is 7.12 Å². The highest BCUT2D eigenvalue weighted by atomic mass is 19.1. The minimum Gasteiger partial charge on any atom is -0.399 e. The second-order valence-corrected chi connectivity index (χ2v) is 8.32. The zero-order valence-corrected chi connectivity index (χ0v) is 16.4. The Bertz CT molecular complexity index is 877. The van der Waals surface area contributed by atoms with Crippen LogP contribution in [-0.4, -0.2) is 46.8 Å². The molecule has 2 aliphatic rings. The van der Waals surface area contributed by atoms with Gasteiger partial charge in [0.05, 0.1) is 29.1 Å². The lowest BCUT2D eigenvalue weighted by atomic mass is 9.78. The van der Waals surface area contributed by atoms with Crippen molar-refractivity contribution in [3.8, 4) is 11.3 Å². The fraction of sp³-hybridized carbons (Fsp3) is 0.450. The molecule has 1 atom stereocenters. The molecule has 1 fully saturated rings. The summed E-state index contributed by atoms with van der Waals surface area (Å²) in [5.41, 5.74) is 0.918. The molecule has 0 spiro atoms. The van der Waals surface area contributed by atoms with Crippen LogP contribution >= 0.6 is 0 Å². The molecule has 0 amide bonds. The molecule has 3 heterocycles. The van der Waals surface area contributed by atoms with Crippen molar-refractivity contribution in [3.63, 3.8) is 0 Å². The predicted octanol–water partition coefficient (Wildman–Crippen LogP) is 3.06.